The summed E-state index contributed by atoms with van der Waals surface area (Å²) in [4.78, 5) is 0. The first-order valence-electron chi connectivity index (χ1n) is 2.99. The van der Waals surface area contributed by atoms with E-state index >= 15 is 0 Å². The molecule has 0 aromatic heterocycles. The number of rotatable bonds is 1. The molecule has 0 saturated carbocycles. The third-order valence-corrected chi connectivity index (χ3v) is 4.46. The van der Waals surface area contributed by atoms with Crippen LogP contribution in [0.15, 0.2) is 16.6 Å². The molecule has 0 saturated heterocycles. The fraction of sp³-hybridized carbons (Fsp3) is 0.143. The Labute approximate surface area is 92.6 Å². The van der Waals surface area contributed by atoms with Crippen LogP contribution in [0.2, 0.25) is 5.02 Å². The monoisotopic (exact) mass is 345 g/mol. The molecule has 1 aromatic carbocycles. The van der Waals surface area contributed by atoms with Gasteiger partial charge in [-0.1, -0.05) is 17.7 Å². The fourth-order valence-electron chi connectivity index (χ4n) is 0.724. The minimum absolute atomic E-state index is 0.481. The van der Waals surface area contributed by atoms with Crippen LogP contribution < -0.4 is 5.73 Å². The molecule has 0 bridgehead atoms. The average Bonchev–Trinajstić information content (AvgIpc) is 2.01. The molecule has 1 nitrogen and oxygen atoms in total. The zero-order valence-electron chi connectivity index (χ0n) is 5.57. The molecule has 0 aliphatic heterocycles. The highest BCUT2D eigenvalue weighted by molar-refractivity contribution is 14.1. The maximum Gasteiger partial charge on any atom is 0.0603 e. The zero-order valence-corrected chi connectivity index (χ0v) is 10.1. The van der Waals surface area contributed by atoms with Gasteiger partial charge in [0, 0.05) is 14.6 Å². The van der Waals surface area contributed by atoms with Crippen LogP contribution in [-0.2, 0) is 6.54 Å². The summed E-state index contributed by atoms with van der Waals surface area (Å²) in [6.45, 7) is 0.481. The number of halogens is 3. The van der Waals surface area contributed by atoms with Gasteiger partial charge < -0.3 is 5.73 Å². The molecule has 1 rings (SSSR count). The lowest BCUT2D eigenvalue weighted by molar-refractivity contribution is 1.07. The summed E-state index contributed by atoms with van der Waals surface area (Å²) in [5, 5.41) is 0.722. The quantitative estimate of drug-likeness (QED) is 0.613. The highest BCUT2D eigenvalue weighted by Crippen LogP contribution is 2.30. The van der Waals surface area contributed by atoms with Gasteiger partial charge in [0.15, 0.2) is 0 Å². The van der Waals surface area contributed by atoms with Gasteiger partial charge in [-0.2, -0.15) is 0 Å². The smallest absolute Gasteiger partial charge is 0.0603 e. The van der Waals surface area contributed by atoms with Crippen molar-refractivity contribution < 1.29 is 0 Å². The first kappa shape index (κ1) is 9.77. The van der Waals surface area contributed by atoms with Gasteiger partial charge >= 0.3 is 0 Å². The summed E-state index contributed by atoms with van der Waals surface area (Å²) in [6, 6.07) is 3.92. The highest BCUT2D eigenvalue weighted by Gasteiger charge is 2.05. The van der Waals surface area contributed by atoms with Crippen LogP contribution in [0, 0.1) is 3.57 Å². The van der Waals surface area contributed by atoms with Gasteiger partial charge in [-0.25, -0.2) is 0 Å². The molecular formula is C7H6BrClIN. The largest absolute Gasteiger partial charge is 0.326 e. The number of benzene rings is 1. The first-order chi connectivity index (χ1) is 5.16. The summed E-state index contributed by atoms with van der Waals surface area (Å²) >= 11 is 11.6. The van der Waals surface area contributed by atoms with E-state index < -0.39 is 0 Å². The summed E-state index contributed by atoms with van der Waals surface area (Å²) in [7, 11) is 0. The van der Waals surface area contributed by atoms with Crippen molar-refractivity contribution in [2.24, 2.45) is 5.73 Å². The van der Waals surface area contributed by atoms with Crippen LogP contribution >= 0.6 is 50.1 Å². The van der Waals surface area contributed by atoms with Crippen molar-refractivity contribution in [1.29, 1.82) is 0 Å². The fourth-order valence-corrected chi connectivity index (χ4v) is 1.96. The molecule has 0 heterocycles. The molecule has 0 amide bonds. The van der Waals surface area contributed by atoms with E-state index in [0.717, 1.165) is 18.6 Å². The van der Waals surface area contributed by atoms with Crippen LogP contribution in [0.5, 0.6) is 0 Å². The van der Waals surface area contributed by atoms with Crippen LogP contribution in [-0.4, -0.2) is 0 Å². The molecule has 0 radical (unpaired) electrons. The van der Waals surface area contributed by atoms with Crippen LogP contribution in [0.25, 0.3) is 0 Å². The second kappa shape index (κ2) is 4.07. The number of hydrogen-bond donors (Lipinski definition) is 1. The van der Waals surface area contributed by atoms with E-state index in [9.17, 15) is 0 Å². The molecule has 60 valence electrons. The Balaban J connectivity index is 3.25. The lowest BCUT2D eigenvalue weighted by Crippen LogP contribution is -1.97. The van der Waals surface area contributed by atoms with E-state index in [1.807, 2.05) is 12.1 Å². The Morgan fingerprint density at radius 3 is 2.73 bits per heavy atom. The van der Waals surface area contributed by atoms with Crippen molar-refractivity contribution in [1.82, 2.24) is 0 Å². The SMILES string of the molecule is NCc1ccc(I)c(Br)c1Cl. The molecule has 2 N–H and O–H groups in total. The number of hydrogen-bond acceptors (Lipinski definition) is 1. The van der Waals surface area contributed by atoms with Crippen molar-refractivity contribution in [3.05, 3.63) is 30.8 Å². The minimum atomic E-state index is 0.481. The topological polar surface area (TPSA) is 26.0 Å². The molecule has 0 aliphatic carbocycles. The molecule has 0 unspecified atom stereocenters. The lowest BCUT2D eigenvalue weighted by atomic mass is 10.2. The van der Waals surface area contributed by atoms with Gasteiger partial charge in [-0.05, 0) is 50.2 Å². The molecule has 0 spiro atoms. The maximum atomic E-state index is 5.97. The summed E-state index contributed by atoms with van der Waals surface area (Å²) in [6.07, 6.45) is 0. The van der Waals surface area contributed by atoms with E-state index in [-0.39, 0.29) is 0 Å². The van der Waals surface area contributed by atoms with Gasteiger partial charge in [-0.3, -0.25) is 0 Å². The zero-order chi connectivity index (χ0) is 8.43. The molecule has 0 fully saturated rings. The van der Waals surface area contributed by atoms with Gasteiger partial charge in [0.2, 0.25) is 0 Å². The second-order valence-corrected chi connectivity index (χ2v) is 4.37. The summed E-state index contributed by atoms with van der Waals surface area (Å²) in [5.74, 6) is 0. The van der Waals surface area contributed by atoms with E-state index in [1.54, 1.807) is 0 Å². The van der Waals surface area contributed by atoms with E-state index in [4.69, 9.17) is 17.3 Å². The maximum absolute atomic E-state index is 5.97. The molecule has 0 aliphatic rings. The van der Waals surface area contributed by atoms with Crippen LogP contribution in [0.1, 0.15) is 5.56 Å². The Morgan fingerprint density at radius 2 is 2.18 bits per heavy atom. The van der Waals surface area contributed by atoms with E-state index in [1.165, 1.54) is 0 Å². The van der Waals surface area contributed by atoms with Gasteiger partial charge in [0.1, 0.15) is 0 Å². The summed E-state index contributed by atoms with van der Waals surface area (Å²) in [5.41, 5.74) is 6.43. The van der Waals surface area contributed by atoms with Crippen molar-refractivity contribution >= 4 is 50.1 Å². The summed E-state index contributed by atoms with van der Waals surface area (Å²) < 4.78 is 2.03. The third kappa shape index (κ3) is 2.08. The molecular weight excluding hydrogens is 340 g/mol. The van der Waals surface area contributed by atoms with Gasteiger partial charge in [-0.15, -0.1) is 0 Å². The second-order valence-electron chi connectivity index (χ2n) is 2.04. The molecule has 1 aromatic rings. The standard InChI is InChI=1S/C7H6BrClIN/c8-6-5(10)2-1-4(3-11)7(6)9/h1-2H,3,11H2. The van der Waals surface area contributed by atoms with Gasteiger partial charge in [0.25, 0.3) is 0 Å². The third-order valence-electron chi connectivity index (χ3n) is 1.34. The lowest BCUT2D eigenvalue weighted by Gasteiger charge is -2.03. The Morgan fingerprint density at radius 1 is 1.55 bits per heavy atom. The van der Waals surface area contributed by atoms with E-state index in [2.05, 4.69) is 38.5 Å². The average molecular weight is 346 g/mol. The van der Waals surface area contributed by atoms with Crippen LogP contribution in [0.3, 0.4) is 0 Å². The predicted octanol–water partition coefficient (Wildman–Crippen LogP) is 3.17. The van der Waals surface area contributed by atoms with Crippen molar-refractivity contribution in [3.8, 4) is 0 Å². The molecule has 11 heavy (non-hydrogen) atoms. The van der Waals surface area contributed by atoms with Crippen LogP contribution in [0.4, 0.5) is 0 Å². The molecule has 0 atom stereocenters. The first-order valence-corrected chi connectivity index (χ1v) is 5.24. The van der Waals surface area contributed by atoms with Gasteiger partial charge in [0.05, 0.1) is 5.02 Å². The Hall–Kier alpha value is 0.680. The molecule has 4 heteroatoms. The number of nitrogens with two attached hydrogens (primary N) is 1. The van der Waals surface area contributed by atoms with E-state index in [0.29, 0.717) is 6.54 Å². The van der Waals surface area contributed by atoms with Crippen molar-refractivity contribution in [2.75, 3.05) is 0 Å². The highest BCUT2D eigenvalue weighted by atomic mass is 127. The Kier molecular flexibility index (Phi) is 3.61. The van der Waals surface area contributed by atoms with Crippen molar-refractivity contribution in [3.63, 3.8) is 0 Å². The normalized spacial score (nSPS) is 10.2. The Bertz CT molecular complexity index is 277. The minimum Gasteiger partial charge on any atom is -0.326 e. The predicted molar refractivity (Wildman–Crippen MR) is 59.8 cm³/mol. The van der Waals surface area contributed by atoms with Crippen molar-refractivity contribution in [2.45, 2.75) is 6.54 Å².